The summed E-state index contributed by atoms with van der Waals surface area (Å²) in [6.45, 7) is 12.1. The first-order chi connectivity index (χ1) is 6.93. The number of hydrogen-bond donors (Lipinski definition) is 0. The monoisotopic (exact) mass is 204 g/mol. The SMILES string of the molecule is C=C1CC[C@@]2(C)C[C@@H]1[C@]1(C)CCC[C@]21C. The molecule has 3 rings (SSSR count). The van der Waals surface area contributed by atoms with Gasteiger partial charge in [0.05, 0.1) is 0 Å². The Hall–Kier alpha value is -0.260. The number of rotatable bonds is 0. The Kier molecular flexibility index (Phi) is 1.67. The first kappa shape index (κ1) is 9.93. The second kappa shape index (κ2) is 2.52. The molecule has 0 amide bonds. The minimum atomic E-state index is 0.579. The van der Waals surface area contributed by atoms with Crippen molar-refractivity contribution in [2.24, 2.45) is 22.2 Å². The van der Waals surface area contributed by atoms with Gasteiger partial charge in [-0.15, -0.1) is 0 Å². The van der Waals surface area contributed by atoms with E-state index in [4.69, 9.17) is 0 Å². The standard InChI is InChI=1S/C15H24/c1-11-6-9-13(2)10-12(11)14(3)7-5-8-15(13,14)4/h12H,1,5-10H2,2-4H3/t12-,13-,14-,15+/m0/s1. The average molecular weight is 204 g/mol. The van der Waals surface area contributed by atoms with Gasteiger partial charge in [0.1, 0.15) is 0 Å². The van der Waals surface area contributed by atoms with E-state index in [1.165, 1.54) is 38.5 Å². The van der Waals surface area contributed by atoms with E-state index in [1.54, 1.807) is 5.57 Å². The minimum absolute atomic E-state index is 0.579. The van der Waals surface area contributed by atoms with Crippen LogP contribution in [0.15, 0.2) is 12.2 Å². The molecule has 15 heavy (non-hydrogen) atoms. The van der Waals surface area contributed by atoms with Crippen molar-refractivity contribution in [3.63, 3.8) is 0 Å². The van der Waals surface area contributed by atoms with Crippen LogP contribution in [0.1, 0.15) is 59.3 Å². The van der Waals surface area contributed by atoms with Gasteiger partial charge in [-0.05, 0) is 54.3 Å². The summed E-state index contributed by atoms with van der Waals surface area (Å²) < 4.78 is 0. The zero-order valence-electron chi connectivity index (χ0n) is 10.5. The van der Waals surface area contributed by atoms with Gasteiger partial charge in [-0.3, -0.25) is 0 Å². The van der Waals surface area contributed by atoms with Crippen LogP contribution >= 0.6 is 0 Å². The van der Waals surface area contributed by atoms with Gasteiger partial charge in [-0.2, -0.15) is 0 Å². The second-order valence-corrected chi connectivity index (χ2v) is 7.08. The Morgan fingerprint density at radius 2 is 1.87 bits per heavy atom. The molecule has 0 aliphatic heterocycles. The maximum atomic E-state index is 4.36. The molecule has 0 N–H and O–H groups in total. The lowest BCUT2D eigenvalue weighted by atomic mass is 9.59. The van der Waals surface area contributed by atoms with Crippen LogP contribution in [0.5, 0.6) is 0 Å². The molecule has 3 fully saturated rings. The fourth-order valence-electron chi connectivity index (χ4n) is 5.41. The van der Waals surface area contributed by atoms with Crippen LogP contribution in [0.3, 0.4) is 0 Å². The molecule has 0 aromatic rings. The van der Waals surface area contributed by atoms with Crippen LogP contribution in [0.25, 0.3) is 0 Å². The summed E-state index contributed by atoms with van der Waals surface area (Å²) >= 11 is 0. The molecule has 84 valence electrons. The van der Waals surface area contributed by atoms with E-state index in [1.807, 2.05) is 0 Å². The molecule has 0 unspecified atom stereocenters. The van der Waals surface area contributed by atoms with Crippen molar-refractivity contribution >= 4 is 0 Å². The van der Waals surface area contributed by atoms with E-state index in [0.717, 1.165) is 5.92 Å². The maximum absolute atomic E-state index is 4.36. The van der Waals surface area contributed by atoms with Gasteiger partial charge >= 0.3 is 0 Å². The molecule has 4 atom stereocenters. The summed E-state index contributed by atoms with van der Waals surface area (Å²) in [5.74, 6) is 0.837. The summed E-state index contributed by atoms with van der Waals surface area (Å²) in [4.78, 5) is 0. The summed E-state index contributed by atoms with van der Waals surface area (Å²) in [7, 11) is 0. The highest BCUT2D eigenvalue weighted by molar-refractivity contribution is 5.26. The smallest absolute Gasteiger partial charge is 0.0141 e. The van der Waals surface area contributed by atoms with Crippen molar-refractivity contribution in [3.8, 4) is 0 Å². The Bertz CT molecular complexity index is 329. The molecule has 3 aliphatic rings. The van der Waals surface area contributed by atoms with Crippen LogP contribution in [-0.4, -0.2) is 0 Å². The first-order valence-electron chi connectivity index (χ1n) is 6.61. The Morgan fingerprint density at radius 1 is 1.13 bits per heavy atom. The molecule has 0 aromatic heterocycles. The molecule has 0 heterocycles. The molecule has 0 aromatic carbocycles. The minimum Gasteiger partial charge on any atom is -0.0996 e. The largest absolute Gasteiger partial charge is 0.0996 e. The summed E-state index contributed by atoms with van der Waals surface area (Å²) in [5, 5.41) is 0. The van der Waals surface area contributed by atoms with Crippen molar-refractivity contribution < 1.29 is 0 Å². The Labute approximate surface area is 94.1 Å². The summed E-state index contributed by atoms with van der Waals surface area (Å²) in [5.41, 5.74) is 3.37. The number of hydrogen-bond acceptors (Lipinski definition) is 0. The third-order valence-electron chi connectivity index (χ3n) is 6.88. The molecule has 2 bridgehead atoms. The van der Waals surface area contributed by atoms with Crippen molar-refractivity contribution in [1.82, 2.24) is 0 Å². The van der Waals surface area contributed by atoms with E-state index in [0.29, 0.717) is 16.2 Å². The molecule has 0 nitrogen and oxygen atoms in total. The normalized spacial score (nSPS) is 58.3. The Balaban J connectivity index is 2.16. The molecular weight excluding hydrogens is 180 g/mol. The van der Waals surface area contributed by atoms with Crippen LogP contribution in [0.2, 0.25) is 0 Å². The third kappa shape index (κ3) is 0.867. The highest BCUT2D eigenvalue weighted by Gasteiger charge is 2.68. The molecular formula is C15H24. The third-order valence-corrected chi connectivity index (χ3v) is 6.88. The molecule has 0 saturated heterocycles. The molecule has 3 saturated carbocycles. The molecule has 0 radical (unpaired) electrons. The van der Waals surface area contributed by atoms with Crippen LogP contribution in [0, 0.1) is 22.2 Å². The van der Waals surface area contributed by atoms with E-state index in [-0.39, 0.29) is 0 Å². The van der Waals surface area contributed by atoms with Gasteiger partial charge in [-0.1, -0.05) is 39.3 Å². The lowest BCUT2D eigenvalue weighted by Crippen LogP contribution is -2.38. The highest BCUT2D eigenvalue weighted by atomic mass is 14.7. The maximum Gasteiger partial charge on any atom is -0.0141 e. The van der Waals surface area contributed by atoms with Gasteiger partial charge in [-0.25, -0.2) is 0 Å². The Morgan fingerprint density at radius 3 is 2.60 bits per heavy atom. The summed E-state index contributed by atoms with van der Waals surface area (Å²) in [6.07, 6.45) is 8.48. The van der Waals surface area contributed by atoms with Crippen molar-refractivity contribution in [3.05, 3.63) is 12.2 Å². The average Bonchev–Trinajstić information content (AvgIpc) is 2.55. The second-order valence-electron chi connectivity index (χ2n) is 7.08. The van der Waals surface area contributed by atoms with Gasteiger partial charge < -0.3 is 0 Å². The van der Waals surface area contributed by atoms with Gasteiger partial charge in [0.15, 0.2) is 0 Å². The van der Waals surface area contributed by atoms with E-state index < -0.39 is 0 Å². The van der Waals surface area contributed by atoms with Crippen LogP contribution in [-0.2, 0) is 0 Å². The van der Waals surface area contributed by atoms with E-state index >= 15 is 0 Å². The van der Waals surface area contributed by atoms with Gasteiger partial charge in [0.25, 0.3) is 0 Å². The molecule has 0 heteroatoms. The predicted molar refractivity (Wildman–Crippen MR) is 64.7 cm³/mol. The number of fused-ring (bicyclic) bond motifs is 5. The predicted octanol–water partition coefficient (Wildman–Crippen LogP) is 4.56. The van der Waals surface area contributed by atoms with Crippen molar-refractivity contribution in [2.75, 3.05) is 0 Å². The molecule has 0 spiro atoms. The van der Waals surface area contributed by atoms with Crippen molar-refractivity contribution in [2.45, 2.75) is 59.3 Å². The van der Waals surface area contributed by atoms with E-state index in [2.05, 4.69) is 27.4 Å². The van der Waals surface area contributed by atoms with E-state index in [9.17, 15) is 0 Å². The zero-order valence-corrected chi connectivity index (χ0v) is 10.5. The van der Waals surface area contributed by atoms with Crippen molar-refractivity contribution in [1.29, 1.82) is 0 Å². The quantitative estimate of drug-likeness (QED) is 0.507. The first-order valence-corrected chi connectivity index (χ1v) is 6.61. The fraction of sp³-hybridized carbons (Fsp3) is 0.867. The van der Waals surface area contributed by atoms with Gasteiger partial charge in [0.2, 0.25) is 0 Å². The fourth-order valence-corrected chi connectivity index (χ4v) is 5.41. The van der Waals surface area contributed by atoms with Crippen LogP contribution in [0.4, 0.5) is 0 Å². The topological polar surface area (TPSA) is 0 Å². The molecule has 3 aliphatic carbocycles. The summed E-state index contributed by atoms with van der Waals surface area (Å²) in [6, 6.07) is 0. The van der Waals surface area contributed by atoms with Crippen LogP contribution < -0.4 is 0 Å². The highest BCUT2D eigenvalue weighted by Crippen LogP contribution is 2.76. The lowest BCUT2D eigenvalue weighted by Gasteiger charge is -2.45. The number of allylic oxidation sites excluding steroid dienone is 1. The lowest BCUT2D eigenvalue weighted by molar-refractivity contribution is 0.0325. The van der Waals surface area contributed by atoms with Gasteiger partial charge in [0, 0.05) is 0 Å². The zero-order chi connectivity index (χ0) is 10.9.